The van der Waals surface area contributed by atoms with E-state index < -0.39 is 0 Å². The molecule has 0 radical (unpaired) electrons. The lowest BCUT2D eigenvalue weighted by molar-refractivity contribution is -0.144. The molecule has 4 heteroatoms. The molecule has 1 rings (SSSR count). The third-order valence-electron chi connectivity index (χ3n) is 2.46. The van der Waals surface area contributed by atoms with E-state index in [1.807, 2.05) is 30.0 Å². The van der Waals surface area contributed by atoms with Crippen LogP contribution in [0, 0.1) is 0 Å². The molecule has 0 saturated heterocycles. The SMILES string of the molecule is C=CCN(CCc1ccccn1)CC(=O)OCC. The zero-order chi connectivity index (χ0) is 13.2. The van der Waals surface area contributed by atoms with E-state index in [0.717, 1.165) is 18.7 Å². The molecule has 1 aromatic rings. The highest BCUT2D eigenvalue weighted by molar-refractivity contribution is 5.71. The van der Waals surface area contributed by atoms with Crippen molar-refractivity contribution in [1.82, 2.24) is 9.88 Å². The van der Waals surface area contributed by atoms with Crippen LogP contribution in [0.25, 0.3) is 0 Å². The number of ether oxygens (including phenoxy) is 1. The molecule has 1 aromatic heterocycles. The minimum atomic E-state index is -0.194. The van der Waals surface area contributed by atoms with Gasteiger partial charge in [0.05, 0.1) is 13.2 Å². The molecule has 4 nitrogen and oxygen atoms in total. The summed E-state index contributed by atoms with van der Waals surface area (Å²) in [6, 6.07) is 5.84. The van der Waals surface area contributed by atoms with Gasteiger partial charge in [0.2, 0.25) is 0 Å². The number of nitrogens with zero attached hydrogens (tertiary/aromatic N) is 2. The molecule has 0 unspecified atom stereocenters. The molecule has 0 spiro atoms. The summed E-state index contributed by atoms with van der Waals surface area (Å²) in [5.41, 5.74) is 1.02. The van der Waals surface area contributed by atoms with Gasteiger partial charge in [0, 0.05) is 31.4 Å². The number of hydrogen-bond donors (Lipinski definition) is 0. The summed E-state index contributed by atoms with van der Waals surface area (Å²) in [5.74, 6) is -0.194. The summed E-state index contributed by atoms with van der Waals surface area (Å²) in [4.78, 5) is 17.7. The molecule has 0 amide bonds. The lowest BCUT2D eigenvalue weighted by Gasteiger charge is -2.19. The lowest BCUT2D eigenvalue weighted by atomic mass is 10.2. The Balaban J connectivity index is 2.42. The van der Waals surface area contributed by atoms with E-state index in [2.05, 4.69) is 11.6 Å². The highest BCUT2D eigenvalue weighted by Gasteiger charge is 2.10. The third-order valence-corrected chi connectivity index (χ3v) is 2.46. The summed E-state index contributed by atoms with van der Waals surface area (Å²) < 4.78 is 4.94. The lowest BCUT2D eigenvalue weighted by Crippen LogP contribution is -2.33. The Bertz CT molecular complexity index is 365. The molecule has 0 fully saturated rings. The van der Waals surface area contributed by atoms with E-state index in [0.29, 0.717) is 19.7 Å². The van der Waals surface area contributed by atoms with Crippen LogP contribution >= 0.6 is 0 Å². The maximum absolute atomic E-state index is 11.4. The first-order chi connectivity index (χ1) is 8.76. The molecule has 0 atom stereocenters. The number of pyridine rings is 1. The average molecular weight is 248 g/mol. The number of rotatable bonds is 8. The van der Waals surface area contributed by atoms with Crippen molar-refractivity contribution < 1.29 is 9.53 Å². The van der Waals surface area contributed by atoms with Gasteiger partial charge >= 0.3 is 5.97 Å². The summed E-state index contributed by atoms with van der Waals surface area (Å²) in [6.45, 7) is 7.66. The number of aromatic nitrogens is 1. The summed E-state index contributed by atoms with van der Waals surface area (Å²) in [7, 11) is 0. The fourth-order valence-electron chi connectivity index (χ4n) is 1.63. The third kappa shape index (κ3) is 5.59. The average Bonchev–Trinajstić information content (AvgIpc) is 2.38. The largest absolute Gasteiger partial charge is 0.465 e. The Kier molecular flexibility index (Phi) is 6.72. The second kappa shape index (κ2) is 8.42. The van der Waals surface area contributed by atoms with Crippen LogP contribution in [-0.4, -0.2) is 42.1 Å². The molecular formula is C14H20N2O2. The monoisotopic (exact) mass is 248 g/mol. The Hall–Kier alpha value is -1.68. The van der Waals surface area contributed by atoms with Crippen molar-refractivity contribution in [3.8, 4) is 0 Å². The standard InChI is InChI=1S/C14H20N2O2/c1-3-10-16(12-14(17)18-4-2)11-8-13-7-5-6-9-15-13/h3,5-7,9H,1,4,8,10-12H2,2H3. The highest BCUT2D eigenvalue weighted by atomic mass is 16.5. The van der Waals surface area contributed by atoms with Gasteiger partial charge in [0.15, 0.2) is 0 Å². The maximum Gasteiger partial charge on any atom is 0.320 e. The van der Waals surface area contributed by atoms with E-state index in [1.54, 1.807) is 12.3 Å². The Labute approximate surface area is 108 Å². The van der Waals surface area contributed by atoms with Gasteiger partial charge in [-0.2, -0.15) is 0 Å². The fourth-order valence-corrected chi connectivity index (χ4v) is 1.63. The smallest absolute Gasteiger partial charge is 0.320 e. The molecule has 1 heterocycles. The van der Waals surface area contributed by atoms with Crippen LogP contribution in [-0.2, 0) is 16.0 Å². The summed E-state index contributed by atoms with van der Waals surface area (Å²) in [5, 5.41) is 0. The van der Waals surface area contributed by atoms with Crippen LogP contribution in [0.3, 0.4) is 0 Å². The predicted octanol–water partition coefficient (Wildman–Crippen LogP) is 1.68. The van der Waals surface area contributed by atoms with Crippen molar-refractivity contribution in [3.05, 3.63) is 42.7 Å². The van der Waals surface area contributed by atoms with Gasteiger partial charge < -0.3 is 4.74 Å². The minimum Gasteiger partial charge on any atom is -0.465 e. The van der Waals surface area contributed by atoms with Gasteiger partial charge in [-0.05, 0) is 19.1 Å². The van der Waals surface area contributed by atoms with E-state index >= 15 is 0 Å². The van der Waals surface area contributed by atoms with Gasteiger partial charge in [0.25, 0.3) is 0 Å². The van der Waals surface area contributed by atoms with E-state index in [-0.39, 0.29) is 5.97 Å². The van der Waals surface area contributed by atoms with Gasteiger partial charge in [-0.15, -0.1) is 6.58 Å². The van der Waals surface area contributed by atoms with Crippen LogP contribution < -0.4 is 0 Å². The zero-order valence-electron chi connectivity index (χ0n) is 10.8. The van der Waals surface area contributed by atoms with Crippen molar-refractivity contribution in [2.24, 2.45) is 0 Å². The number of esters is 1. The first-order valence-corrected chi connectivity index (χ1v) is 6.15. The molecule has 18 heavy (non-hydrogen) atoms. The first-order valence-electron chi connectivity index (χ1n) is 6.15. The van der Waals surface area contributed by atoms with Crippen LogP contribution in [0.1, 0.15) is 12.6 Å². The van der Waals surface area contributed by atoms with Gasteiger partial charge in [-0.25, -0.2) is 0 Å². The molecule has 0 aliphatic heterocycles. The van der Waals surface area contributed by atoms with Crippen molar-refractivity contribution in [2.75, 3.05) is 26.2 Å². The van der Waals surface area contributed by atoms with Gasteiger partial charge in [0.1, 0.15) is 0 Å². The number of carbonyl (C=O) groups excluding carboxylic acids is 1. The highest BCUT2D eigenvalue weighted by Crippen LogP contribution is 1.99. The van der Waals surface area contributed by atoms with Crippen LogP contribution in [0.4, 0.5) is 0 Å². The van der Waals surface area contributed by atoms with Crippen LogP contribution in [0.2, 0.25) is 0 Å². The number of carbonyl (C=O) groups is 1. The number of hydrogen-bond acceptors (Lipinski definition) is 4. The van der Waals surface area contributed by atoms with Crippen molar-refractivity contribution in [2.45, 2.75) is 13.3 Å². The topological polar surface area (TPSA) is 42.4 Å². The quantitative estimate of drug-likeness (QED) is 0.518. The van der Waals surface area contributed by atoms with Crippen LogP contribution in [0.15, 0.2) is 37.1 Å². The Morgan fingerprint density at radius 2 is 2.39 bits per heavy atom. The van der Waals surface area contributed by atoms with Crippen molar-refractivity contribution in [1.29, 1.82) is 0 Å². The molecule has 0 N–H and O–H groups in total. The normalized spacial score (nSPS) is 10.3. The molecule has 0 aliphatic carbocycles. The molecule has 0 saturated carbocycles. The Morgan fingerprint density at radius 3 is 3.00 bits per heavy atom. The fraction of sp³-hybridized carbons (Fsp3) is 0.429. The maximum atomic E-state index is 11.4. The molecular weight excluding hydrogens is 228 g/mol. The van der Waals surface area contributed by atoms with E-state index in [9.17, 15) is 4.79 Å². The van der Waals surface area contributed by atoms with Gasteiger partial charge in [-0.3, -0.25) is 14.7 Å². The molecule has 0 aliphatic rings. The Morgan fingerprint density at radius 1 is 1.56 bits per heavy atom. The van der Waals surface area contributed by atoms with Crippen molar-refractivity contribution >= 4 is 5.97 Å². The predicted molar refractivity (Wildman–Crippen MR) is 71.2 cm³/mol. The zero-order valence-corrected chi connectivity index (χ0v) is 10.8. The minimum absolute atomic E-state index is 0.194. The molecule has 0 bridgehead atoms. The van der Waals surface area contributed by atoms with E-state index in [4.69, 9.17) is 4.74 Å². The summed E-state index contributed by atoms with van der Waals surface area (Å²) in [6.07, 6.45) is 4.38. The van der Waals surface area contributed by atoms with Crippen molar-refractivity contribution in [3.63, 3.8) is 0 Å². The summed E-state index contributed by atoms with van der Waals surface area (Å²) >= 11 is 0. The second-order valence-corrected chi connectivity index (χ2v) is 3.90. The molecule has 98 valence electrons. The van der Waals surface area contributed by atoms with Crippen LogP contribution in [0.5, 0.6) is 0 Å². The first kappa shape index (κ1) is 14.4. The second-order valence-electron chi connectivity index (χ2n) is 3.90. The van der Waals surface area contributed by atoms with Gasteiger partial charge in [-0.1, -0.05) is 12.1 Å². The molecule has 0 aromatic carbocycles. The van der Waals surface area contributed by atoms with E-state index in [1.165, 1.54) is 0 Å².